The molecule has 0 radical (unpaired) electrons. The summed E-state index contributed by atoms with van der Waals surface area (Å²) in [6.07, 6.45) is 13.4. The zero-order valence-corrected chi connectivity index (χ0v) is 14.3. The molecule has 120 valence electrons. The molecule has 0 rings (SSSR count). The number of ether oxygens (including phenoxy) is 1. The molecule has 2 nitrogen and oxygen atoms in total. The Morgan fingerprint density at radius 2 is 1.30 bits per heavy atom. The molecule has 0 bridgehead atoms. The summed E-state index contributed by atoms with van der Waals surface area (Å²) in [6.45, 7) is 9.16. The van der Waals surface area contributed by atoms with E-state index in [-0.39, 0.29) is 11.2 Å². The average molecular weight is 284 g/mol. The molecule has 20 heavy (non-hydrogen) atoms. The highest BCUT2D eigenvalue weighted by Crippen LogP contribution is 2.17. The van der Waals surface area contributed by atoms with Crippen molar-refractivity contribution in [3.63, 3.8) is 0 Å². The Hall–Kier alpha value is -0.370. The smallest absolute Gasteiger partial charge is 0.137 e. The molecule has 0 spiro atoms. The molecule has 0 aromatic heterocycles. The molecule has 0 aliphatic rings. The van der Waals surface area contributed by atoms with Gasteiger partial charge in [0.25, 0.3) is 0 Å². The van der Waals surface area contributed by atoms with Gasteiger partial charge in [0.15, 0.2) is 0 Å². The number of carbonyl (C=O) groups is 1. The average Bonchev–Trinajstić information content (AvgIpc) is 2.39. The number of rotatable bonds is 14. The number of unbranched alkanes of at least 4 members (excludes halogenated alkanes) is 9. The first-order valence-corrected chi connectivity index (χ1v) is 8.59. The fourth-order valence-corrected chi connectivity index (χ4v) is 2.12. The number of ketones is 1. The highest BCUT2D eigenvalue weighted by Gasteiger charge is 2.23. The lowest BCUT2D eigenvalue weighted by Crippen LogP contribution is -2.27. The van der Waals surface area contributed by atoms with Crippen molar-refractivity contribution in [3.05, 3.63) is 0 Å². The Kier molecular flexibility index (Phi) is 12.1. The zero-order valence-electron chi connectivity index (χ0n) is 14.3. The molecule has 0 unspecified atom stereocenters. The van der Waals surface area contributed by atoms with Crippen LogP contribution in [0.25, 0.3) is 0 Å². The van der Waals surface area contributed by atoms with Crippen LogP contribution in [0.15, 0.2) is 0 Å². The lowest BCUT2D eigenvalue weighted by Gasteiger charge is -2.20. The molecule has 2 heteroatoms. The van der Waals surface area contributed by atoms with Crippen molar-refractivity contribution in [2.24, 2.45) is 5.41 Å². The molecule has 0 saturated heterocycles. The maximum absolute atomic E-state index is 11.3. The Morgan fingerprint density at radius 3 is 1.75 bits per heavy atom. The second-order valence-electron chi connectivity index (χ2n) is 6.67. The highest BCUT2D eigenvalue weighted by molar-refractivity contribution is 5.81. The summed E-state index contributed by atoms with van der Waals surface area (Å²) in [5.74, 6) is 0.209. The van der Waals surface area contributed by atoms with Gasteiger partial charge in [0.05, 0.1) is 6.61 Å². The van der Waals surface area contributed by atoms with Gasteiger partial charge in [-0.15, -0.1) is 0 Å². The van der Waals surface area contributed by atoms with Crippen LogP contribution in [0, 0.1) is 5.41 Å². The lowest BCUT2D eigenvalue weighted by molar-refractivity contribution is -0.128. The molecule has 0 amide bonds. The molecule has 0 saturated carbocycles. The minimum absolute atomic E-state index is 0.209. The molecule has 0 aliphatic heterocycles. The summed E-state index contributed by atoms with van der Waals surface area (Å²) in [5.41, 5.74) is -0.321. The van der Waals surface area contributed by atoms with E-state index >= 15 is 0 Å². The summed E-state index contributed by atoms with van der Waals surface area (Å²) in [7, 11) is 0. The molecular formula is C18H36O2. The van der Waals surface area contributed by atoms with Gasteiger partial charge in [0, 0.05) is 12.0 Å². The Balaban J connectivity index is 3.19. The molecule has 0 atom stereocenters. The van der Waals surface area contributed by atoms with Gasteiger partial charge in [0.2, 0.25) is 0 Å². The van der Waals surface area contributed by atoms with E-state index in [1.54, 1.807) is 6.92 Å². The molecule has 0 aromatic carbocycles. The topological polar surface area (TPSA) is 26.3 Å². The first-order chi connectivity index (χ1) is 9.50. The monoisotopic (exact) mass is 284 g/mol. The van der Waals surface area contributed by atoms with Gasteiger partial charge in [-0.05, 0) is 13.3 Å². The van der Waals surface area contributed by atoms with Crippen LogP contribution in [-0.4, -0.2) is 19.0 Å². The van der Waals surface area contributed by atoms with Gasteiger partial charge < -0.3 is 4.74 Å². The quantitative estimate of drug-likeness (QED) is 0.391. The van der Waals surface area contributed by atoms with E-state index in [9.17, 15) is 4.79 Å². The van der Waals surface area contributed by atoms with Crippen LogP contribution in [0.4, 0.5) is 0 Å². The standard InChI is InChI=1S/C18H36O2/c1-5-6-7-8-9-10-11-12-13-14-15-20-16-18(3,4)17(2)19/h5-16H2,1-4H3. The van der Waals surface area contributed by atoms with Gasteiger partial charge in [-0.1, -0.05) is 78.6 Å². The van der Waals surface area contributed by atoms with E-state index in [2.05, 4.69) is 6.92 Å². The Morgan fingerprint density at radius 1 is 0.850 bits per heavy atom. The SMILES string of the molecule is CCCCCCCCCCCCOCC(C)(C)C(C)=O. The van der Waals surface area contributed by atoms with Crippen molar-refractivity contribution >= 4 is 5.78 Å². The van der Waals surface area contributed by atoms with Gasteiger partial charge in [-0.2, -0.15) is 0 Å². The van der Waals surface area contributed by atoms with Crippen molar-refractivity contribution in [3.8, 4) is 0 Å². The highest BCUT2D eigenvalue weighted by atomic mass is 16.5. The van der Waals surface area contributed by atoms with E-state index in [4.69, 9.17) is 4.74 Å². The van der Waals surface area contributed by atoms with Gasteiger partial charge >= 0.3 is 0 Å². The number of carbonyl (C=O) groups excluding carboxylic acids is 1. The molecule has 0 aromatic rings. The summed E-state index contributed by atoms with van der Waals surface area (Å²) in [5, 5.41) is 0. The summed E-state index contributed by atoms with van der Waals surface area (Å²) >= 11 is 0. The second kappa shape index (κ2) is 12.4. The van der Waals surface area contributed by atoms with E-state index < -0.39 is 0 Å². The minimum atomic E-state index is -0.321. The summed E-state index contributed by atoms with van der Waals surface area (Å²) in [4.78, 5) is 11.3. The predicted octanol–water partition coefficient (Wildman–Crippen LogP) is 5.54. The van der Waals surface area contributed by atoms with Crippen molar-refractivity contribution in [2.75, 3.05) is 13.2 Å². The predicted molar refractivity (Wildman–Crippen MR) is 87.1 cm³/mol. The van der Waals surface area contributed by atoms with Gasteiger partial charge in [-0.3, -0.25) is 4.79 Å². The fraction of sp³-hybridized carbons (Fsp3) is 0.944. The first-order valence-electron chi connectivity index (χ1n) is 8.59. The third-order valence-corrected chi connectivity index (χ3v) is 4.06. The van der Waals surface area contributed by atoms with Crippen molar-refractivity contribution in [2.45, 2.75) is 91.9 Å². The number of hydrogen-bond acceptors (Lipinski definition) is 2. The van der Waals surface area contributed by atoms with E-state index in [1.807, 2.05) is 13.8 Å². The van der Waals surface area contributed by atoms with Crippen LogP contribution >= 0.6 is 0 Å². The minimum Gasteiger partial charge on any atom is -0.380 e. The van der Waals surface area contributed by atoms with Crippen LogP contribution < -0.4 is 0 Å². The van der Waals surface area contributed by atoms with Crippen LogP contribution in [0.3, 0.4) is 0 Å². The van der Waals surface area contributed by atoms with Gasteiger partial charge in [0.1, 0.15) is 5.78 Å². The maximum Gasteiger partial charge on any atom is 0.137 e. The third-order valence-electron chi connectivity index (χ3n) is 4.06. The first kappa shape index (κ1) is 19.6. The second-order valence-corrected chi connectivity index (χ2v) is 6.67. The molecule has 0 N–H and O–H groups in total. The molecule has 0 fully saturated rings. The molecule has 0 aliphatic carbocycles. The van der Waals surface area contributed by atoms with E-state index in [0.29, 0.717) is 6.61 Å². The molecular weight excluding hydrogens is 248 g/mol. The normalized spacial score (nSPS) is 11.8. The number of hydrogen-bond donors (Lipinski definition) is 0. The Bertz CT molecular complexity index is 234. The lowest BCUT2D eigenvalue weighted by atomic mass is 9.90. The van der Waals surface area contributed by atoms with Crippen LogP contribution in [0.2, 0.25) is 0 Å². The third kappa shape index (κ3) is 11.5. The summed E-state index contributed by atoms with van der Waals surface area (Å²) < 4.78 is 5.61. The van der Waals surface area contributed by atoms with Crippen LogP contribution in [-0.2, 0) is 9.53 Å². The largest absolute Gasteiger partial charge is 0.380 e. The van der Waals surface area contributed by atoms with E-state index in [1.165, 1.54) is 57.8 Å². The van der Waals surface area contributed by atoms with Crippen molar-refractivity contribution in [1.29, 1.82) is 0 Å². The zero-order chi connectivity index (χ0) is 15.3. The molecule has 0 heterocycles. The van der Waals surface area contributed by atoms with Crippen molar-refractivity contribution in [1.82, 2.24) is 0 Å². The maximum atomic E-state index is 11.3. The Labute approximate surface area is 126 Å². The fourth-order valence-electron chi connectivity index (χ4n) is 2.12. The number of Topliss-reactive ketones (excluding diaryl/α,β-unsaturated/α-hetero) is 1. The summed E-state index contributed by atoms with van der Waals surface area (Å²) in [6, 6.07) is 0. The van der Waals surface area contributed by atoms with Crippen LogP contribution in [0.5, 0.6) is 0 Å². The van der Waals surface area contributed by atoms with Gasteiger partial charge in [-0.25, -0.2) is 0 Å². The van der Waals surface area contributed by atoms with E-state index in [0.717, 1.165) is 13.0 Å². The van der Waals surface area contributed by atoms with Crippen molar-refractivity contribution < 1.29 is 9.53 Å². The van der Waals surface area contributed by atoms with Crippen LogP contribution in [0.1, 0.15) is 91.9 Å².